The fraction of sp³-hybridized carbons (Fsp3) is 0.769. The van der Waals surface area contributed by atoms with Crippen molar-refractivity contribution in [1.82, 2.24) is 15.5 Å². The molecule has 1 aromatic rings. The van der Waals surface area contributed by atoms with Crippen molar-refractivity contribution in [2.24, 2.45) is 0 Å². The number of hydrogen-bond donors (Lipinski definition) is 1. The molecule has 112 valence electrons. The number of thioether (sulfide) groups is 2. The van der Waals surface area contributed by atoms with E-state index < -0.39 is 0 Å². The summed E-state index contributed by atoms with van der Waals surface area (Å²) in [7, 11) is 0. The average Bonchev–Trinajstić information content (AvgIpc) is 2.87. The van der Waals surface area contributed by atoms with Crippen LogP contribution in [0.1, 0.15) is 44.9 Å². The van der Waals surface area contributed by atoms with Crippen molar-refractivity contribution in [1.29, 1.82) is 0 Å². The Morgan fingerprint density at radius 1 is 1.40 bits per heavy atom. The summed E-state index contributed by atoms with van der Waals surface area (Å²) in [4.78, 5) is 12.1. The van der Waals surface area contributed by atoms with Gasteiger partial charge in [0.1, 0.15) is 0 Å². The molecule has 1 atom stereocenters. The molecule has 1 aliphatic carbocycles. The molecule has 0 aromatic carbocycles. The molecule has 0 spiro atoms. The second kappa shape index (κ2) is 7.93. The summed E-state index contributed by atoms with van der Waals surface area (Å²) in [5, 5.41) is 11.3. The lowest BCUT2D eigenvalue weighted by Crippen LogP contribution is -2.40. The Morgan fingerprint density at radius 2 is 2.15 bits per heavy atom. The first kappa shape index (κ1) is 15.7. The van der Waals surface area contributed by atoms with Crippen molar-refractivity contribution in [2.45, 2.75) is 61.3 Å². The molecule has 1 saturated carbocycles. The van der Waals surface area contributed by atoms with Crippen LogP contribution in [0.15, 0.2) is 9.64 Å². The van der Waals surface area contributed by atoms with Crippen molar-refractivity contribution in [3.8, 4) is 0 Å². The molecule has 20 heavy (non-hydrogen) atoms. The highest BCUT2D eigenvalue weighted by atomic mass is 32.2. The highest BCUT2D eigenvalue weighted by Crippen LogP contribution is 2.24. The molecule has 1 heterocycles. The Labute approximate surface area is 128 Å². The Hall–Kier alpha value is -0.690. The molecule has 2 rings (SSSR count). The van der Waals surface area contributed by atoms with Crippen LogP contribution >= 0.6 is 23.5 Å². The molecule has 0 saturated heterocycles. The Kier molecular flexibility index (Phi) is 6.22. The van der Waals surface area contributed by atoms with Crippen molar-refractivity contribution < 1.29 is 9.21 Å². The normalized spacial score (nSPS) is 17.9. The van der Waals surface area contributed by atoms with Gasteiger partial charge in [-0.25, -0.2) is 0 Å². The second-order valence-electron chi connectivity index (χ2n) is 5.00. The molecule has 0 radical (unpaired) electrons. The molecule has 1 N–H and O–H groups in total. The van der Waals surface area contributed by atoms with E-state index in [1.807, 2.05) is 13.2 Å². The third kappa shape index (κ3) is 4.70. The van der Waals surface area contributed by atoms with Crippen LogP contribution in [0.2, 0.25) is 0 Å². The van der Waals surface area contributed by atoms with Gasteiger partial charge in [-0.15, -0.1) is 10.2 Å². The minimum absolute atomic E-state index is 0.0616. The molecular formula is C13H21N3O2S2. The first-order chi connectivity index (χ1) is 9.69. The van der Waals surface area contributed by atoms with Gasteiger partial charge in [-0.2, -0.15) is 11.8 Å². The number of hydrogen-bond acceptors (Lipinski definition) is 6. The van der Waals surface area contributed by atoms with Gasteiger partial charge in [0.25, 0.3) is 5.22 Å². The number of nitrogens with one attached hydrogen (secondary N) is 1. The van der Waals surface area contributed by atoms with Crippen molar-refractivity contribution in [3.63, 3.8) is 0 Å². The van der Waals surface area contributed by atoms with E-state index in [1.54, 1.807) is 11.8 Å². The zero-order valence-corrected chi connectivity index (χ0v) is 13.6. The van der Waals surface area contributed by atoms with E-state index in [-0.39, 0.29) is 11.2 Å². The smallest absolute Gasteiger partial charge is 0.277 e. The first-order valence-corrected chi connectivity index (χ1v) is 9.24. The lowest BCUT2D eigenvalue weighted by atomic mass is 9.95. The quantitative estimate of drug-likeness (QED) is 0.814. The summed E-state index contributed by atoms with van der Waals surface area (Å²) < 4.78 is 5.47. The highest BCUT2D eigenvalue weighted by molar-refractivity contribution is 8.00. The predicted octanol–water partition coefficient (Wildman–Crippen LogP) is 2.86. The Bertz CT molecular complexity index is 433. The third-order valence-electron chi connectivity index (χ3n) is 3.31. The van der Waals surface area contributed by atoms with Crippen LogP contribution in [0.3, 0.4) is 0 Å². The molecule has 1 fully saturated rings. The third-order valence-corrected chi connectivity index (χ3v) is 4.78. The molecule has 1 aliphatic rings. The molecule has 1 amide bonds. The van der Waals surface area contributed by atoms with Crippen molar-refractivity contribution in [3.05, 3.63) is 5.89 Å². The number of carbonyl (C=O) groups is 1. The lowest BCUT2D eigenvalue weighted by Gasteiger charge is -2.23. The van der Waals surface area contributed by atoms with E-state index >= 15 is 0 Å². The number of rotatable bonds is 6. The summed E-state index contributed by atoms with van der Waals surface area (Å²) in [5.41, 5.74) is 0. The van der Waals surface area contributed by atoms with E-state index in [0.29, 0.717) is 22.9 Å². The molecular weight excluding hydrogens is 294 g/mol. The zero-order chi connectivity index (χ0) is 14.4. The summed E-state index contributed by atoms with van der Waals surface area (Å²) in [5.74, 6) is 1.38. The van der Waals surface area contributed by atoms with Crippen LogP contribution < -0.4 is 5.32 Å². The van der Waals surface area contributed by atoms with Gasteiger partial charge >= 0.3 is 0 Å². The molecule has 0 bridgehead atoms. The molecule has 0 aliphatic heterocycles. The van der Waals surface area contributed by atoms with Gasteiger partial charge in [-0.05, 0) is 26.0 Å². The average molecular weight is 315 g/mol. The van der Waals surface area contributed by atoms with Gasteiger partial charge < -0.3 is 9.73 Å². The van der Waals surface area contributed by atoms with Crippen LogP contribution in [0.25, 0.3) is 0 Å². The van der Waals surface area contributed by atoms with Crippen molar-refractivity contribution in [2.75, 3.05) is 6.26 Å². The largest absolute Gasteiger partial charge is 0.415 e. The molecule has 1 aromatic heterocycles. The second-order valence-corrected chi connectivity index (χ2v) is 7.16. The monoisotopic (exact) mass is 315 g/mol. The van der Waals surface area contributed by atoms with Gasteiger partial charge in [0.2, 0.25) is 11.8 Å². The van der Waals surface area contributed by atoms with E-state index in [0.717, 1.165) is 12.8 Å². The summed E-state index contributed by atoms with van der Waals surface area (Å²) >= 11 is 2.96. The maximum Gasteiger partial charge on any atom is 0.277 e. The van der Waals surface area contributed by atoms with Crippen LogP contribution in [0, 0.1) is 0 Å². The maximum absolute atomic E-state index is 12.1. The van der Waals surface area contributed by atoms with Crippen molar-refractivity contribution >= 4 is 29.4 Å². The molecule has 0 unspecified atom stereocenters. The minimum atomic E-state index is -0.209. The molecule has 5 nitrogen and oxygen atoms in total. The topological polar surface area (TPSA) is 68.0 Å². The minimum Gasteiger partial charge on any atom is -0.415 e. The van der Waals surface area contributed by atoms with E-state index in [4.69, 9.17) is 4.42 Å². The summed E-state index contributed by atoms with van der Waals surface area (Å²) in [6, 6.07) is 0.342. The first-order valence-electron chi connectivity index (χ1n) is 6.97. The van der Waals surface area contributed by atoms with Crippen LogP contribution in [-0.4, -0.2) is 33.7 Å². The van der Waals surface area contributed by atoms with Crippen LogP contribution in [0.4, 0.5) is 0 Å². The van der Waals surface area contributed by atoms with E-state index in [1.165, 1.54) is 31.0 Å². The summed E-state index contributed by atoms with van der Waals surface area (Å²) in [6.45, 7) is 1.88. The number of carbonyl (C=O) groups excluding carboxylic acids is 1. The molecule has 7 heteroatoms. The number of aromatic nitrogens is 2. The van der Waals surface area contributed by atoms with Gasteiger partial charge in [0.15, 0.2) is 0 Å². The zero-order valence-electron chi connectivity index (χ0n) is 11.9. The predicted molar refractivity (Wildman–Crippen MR) is 81.9 cm³/mol. The number of amides is 1. The fourth-order valence-corrected chi connectivity index (χ4v) is 3.31. The van der Waals surface area contributed by atoms with E-state index in [2.05, 4.69) is 15.5 Å². The van der Waals surface area contributed by atoms with Gasteiger partial charge in [-0.3, -0.25) is 4.79 Å². The van der Waals surface area contributed by atoms with Crippen LogP contribution in [-0.2, 0) is 10.5 Å². The Morgan fingerprint density at radius 3 is 2.85 bits per heavy atom. The maximum atomic E-state index is 12.1. The van der Waals surface area contributed by atoms with Crippen LogP contribution in [0.5, 0.6) is 0 Å². The van der Waals surface area contributed by atoms with E-state index in [9.17, 15) is 4.79 Å². The van der Waals surface area contributed by atoms with Gasteiger partial charge in [0, 0.05) is 6.04 Å². The fourth-order valence-electron chi connectivity index (χ4n) is 2.24. The van der Waals surface area contributed by atoms with Gasteiger partial charge in [-0.1, -0.05) is 31.0 Å². The standard InChI is InChI=1S/C13H21N3O2S2/c1-9(12(17)14-10-6-4-3-5-7-10)20-13-16-15-11(18-13)8-19-2/h9-10H,3-8H2,1-2H3,(H,14,17)/t9-/m0/s1. The lowest BCUT2D eigenvalue weighted by molar-refractivity contribution is -0.121. The summed E-state index contributed by atoms with van der Waals surface area (Å²) in [6.07, 6.45) is 7.90. The SMILES string of the molecule is CSCc1nnc(S[C@@H](C)C(=O)NC2CCCCC2)o1. The van der Waals surface area contributed by atoms with Gasteiger partial charge in [0.05, 0.1) is 11.0 Å². The Balaban J connectivity index is 1.80. The highest BCUT2D eigenvalue weighted by Gasteiger charge is 2.22. The number of nitrogens with zero attached hydrogens (tertiary/aromatic N) is 2.